The Bertz CT molecular complexity index is 1020. The first-order valence-electron chi connectivity index (χ1n) is 12.0. The van der Waals surface area contributed by atoms with E-state index in [2.05, 4.69) is 28.6 Å². The zero-order valence-electron chi connectivity index (χ0n) is 20.7. The van der Waals surface area contributed by atoms with E-state index in [9.17, 15) is 9.90 Å². The lowest BCUT2D eigenvalue weighted by Gasteiger charge is -2.38. The fourth-order valence-corrected chi connectivity index (χ4v) is 5.48. The van der Waals surface area contributed by atoms with Gasteiger partial charge in [-0.2, -0.15) is 0 Å². The maximum absolute atomic E-state index is 11.4. The number of carboxylic acid groups (broad SMARTS) is 1. The van der Waals surface area contributed by atoms with Gasteiger partial charge in [0.2, 0.25) is 5.88 Å². The van der Waals surface area contributed by atoms with Crippen LogP contribution < -0.4 is 19.3 Å². The van der Waals surface area contributed by atoms with Crippen molar-refractivity contribution < 1.29 is 24.1 Å². The van der Waals surface area contributed by atoms with Crippen molar-refractivity contribution in [3.63, 3.8) is 0 Å². The molecule has 1 aromatic carbocycles. The molecule has 35 heavy (non-hydrogen) atoms. The first kappa shape index (κ1) is 25.4. The molecule has 0 amide bonds. The van der Waals surface area contributed by atoms with E-state index in [1.54, 1.807) is 20.4 Å². The first-order chi connectivity index (χ1) is 16.8. The molecule has 0 spiro atoms. The van der Waals surface area contributed by atoms with E-state index in [1.165, 1.54) is 0 Å². The zero-order valence-corrected chi connectivity index (χ0v) is 21.4. The quantitative estimate of drug-likeness (QED) is 0.569. The van der Waals surface area contributed by atoms with Gasteiger partial charge < -0.3 is 29.1 Å². The Balaban J connectivity index is 1.40. The van der Waals surface area contributed by atoms with Gasteiger partial charge >= 0.3 is 5.97 Å². The number of halogens is 1. The molecule has 4 rings (SSSR count). The summed E-state index contributed by atoms with van der Waals surface area (Å²) in [5, 5.41) is 10.0. The highest BCUT2D eigenvalue weighted by molar-refractivity contribution is 6.33. The second kappa shape index (κ2) is 10.9. The molecular formula is C26H34ClN3O5. The number of carboxylic acids is 1. The van der Waals surface area contributed by atoms with Crippen molar-refractivity contribution >= 4 is 28.9 Å². The number of nitrogens with zero attached hydrogens (tertiary/aromatic N) is 3. The summed E-state index contributed by atoms with van der Waals surface area (Å²) in [6.07, 6.45) is 2.67. The van der Waals surface area contributed by atoms with Gasteiger partial charge in [-0.3, -0.25) is 4.79 Å². The number of hydrogen-bond acceptors (Lipinski definition) is 7. The van der Waals surface area contributed by atoms with Gasteiger partial charge in [0, 0.05) is 62.8 Å². The number of carbonyl (C=O) groups is 1. The standard InChI is InChI=1S/C26H34ClN3O5/c1-16-14-29(22-11-25(34-4)28-13-20(22)27)10-9-23(16)35-19-7-5-18(6-8-19)30-15-24(33-3)17(2)21(30)12-26(31)32/h5-8,11,13,16-17,21,23-24H,9-10,12,14-15H2,1-4H3,(H,31,32). The summed E-state index contributed by atoms with van der Waals surface area (Å²) in [4.78, 5) is 20.0. The number of aliphatic carboxylic acids is 1. The van der Waals surface area contributed by atoms with Crippen molar-refractivity contribution in [2.75, 3.05) is 43.7 Å². The van der Waals surface area contributed by atoms with E-state index >= 15 is 0 Å². The number of hydrogen-bond donors (Lipinski definition) is 1. The van der Waals surface area contributed by atoms with Crippen molar-refractivity contribution in [3.05, 3.63) is 41.6 Å². The van der Waals surface area contributed by atoms with Crippen LogP contribution in [-0.2, 0) is 9.53 Å². The van der Waals surface area contributed by atoms with Crippen LogP contribution in [0.15, 0.2) is 36.5 Å². The second-order valence-electron chi connectivity index (χ2n) is 9.49. The number of aromatic nitrogens is 1. The van der Waals surface area contributed by atoms with Crippen LogP contribution in [0.1, 0.15) is 26.7 Å². The van der Waals surface area contributed by atoms with Gasteiger partial charge in [-0.25, -0.2) is 4.98 Å². The molecule has 2 aliphatic rings. The Kier molecular flexibility index (Phi) is 7.91. The molecular weight excluding hydrogens is 470 g/mol. The van der Waals surface area contributed by atoms with Gasteiger partial charge in [-0.15, -0.1) is 0 Å². The van der Waals surface area contributed by atoms with Crippen LogP contribution in [0, 0.1) is 11.8 Å². The predicted molar refractivity (Wildman–Crippen MR) is 136 cm³/mol. The molecule has 0 radical (unpaired) electrons. The Morgan fingerprint density at radius 2 is 1.91 bits per heavy atom. The second-order valence-corrected chi connectivity index (χ2v) is 9.90. The third-order valence-corrected chi connectivity index (χ3v) is 7.59. The molecule has 3 heterocycles. The van der Waals surface area contributed by atoms with E-state index in [1.807, 2.05) is 30.3 Å². The van der Waals surface area contributed by atoms with Crippen molar-refractivity contribution in [1.82, 2.24) is 4.98 Å². The molecule has 190 valence electrons. The van der Waals surface area contributed by atoms with Gasteiger partial charge in [-0.1, -0.05) is 25.4 Å². The number of anilines is 2. The molecule has 5 atom stereocenters. The maximum Gasteiger partial charge on any atom is 0.305 e. The smallest absolute Gasteiger partial charge is 0.305 e. The average Bonchev–Trinajstić information content (AvgIpc) is 3.16. The van der Waals surface area contributed by atoms with Gasteiger partial charge in [0.05, 0.1) is 36.5 Å². The van der Waals surface area contributed by atoms with E-state index in [-0.39, 0.29) is 30.6 Å². The van der Waals surface area contributed by atoms with Crippen molar-refractivity contribution in [1.29, 1.82) is 0 Å². The van der Waals surface area contributed by atoms with Crippen LogP contribution in [0.3, 0.4) is 0 Å². The normalized spacial score (nSPS) is 26.6. The minimum Gasteiger partial charge on any atom is -0.490 e. The van der Waals surface area contributed by atoms with Crippen LogP contribution in [-0.4, -0.2) is 68.2 Å². The molecule has 9 heteroatoms. The van der Waals surface area contributed by atoms with E-state index in [0.717, 1.165) is 36.6 Å². The summed E-state index contributed by atoms with van der Waals surface area (Å²) in [6, 6.07) is 9.74. The number of methoxy groups -OCH3 is 2. The molecule has 2 aliphatic heterocycles. The molecule has 0 bridgehead atoms. The van der Waals surface area contributed by atoms with Crippen LogP contribution in [0.2, 0.25) is 5.02 Å². The molecule has 0 saturated carbocycles. The minimum absolute atomic E-state index is 0.00942. The lowest BCUT2D eigenvalue weighted by Crippen LogP contribution is -2.44. The number of benzene rings is 1. The summed E-state index contributed by atoms with van der Waals surface area (Å²) < 4.78 is 17.2. The lowest BCUT2D eigenvalue weighted by molar-refractivity contribution is -0.137. The number of ether oxygens (including phenoxy) is 3. The third-order valence-electron chi connectivity index (χ3n) is 7.30. The molecule has 1 aromatic heterocycles. The summed E-state index contributed by atoms with van der Waals surface area (Å²) in [6.45, 7) is 6.55. The highest BCUT2D eigenvalue weighted by Crippen LogP contribution is 2.35. The van der Waals surface area contributed by atoms with Crippen molar-refractivity contribution in [3.8, 4) is 11.6 Å². The molecule has 2 aromatic rings. The van der Waals surface area contributed by atoms with Crippen molar-refractivity contribution in [2.45, 2.75) is 44.9 Å². The van der Waals surface area contributed by atoms with Crippen LogP contribution >= 0.6 is 11.6 Å². The van der Waals surface area contributed by atoms with Crippen LogP contribution in [0.4, 0.5) is 11.4 Å². The third kappa shape index (κ3) is 5.59. The van der Waals surface area contributed by atoms with Gasteiger partial charge in [-0.05, 0) is 24.3 Å². The Labute approximate surface area is 211 Å². The zero-order chi connectivity index (χ0) is 25.1. The largest absolute Gasteiger partial charge is 0.490 e. The lowest BCUT2D eigenvalue weighted by atomic mass is 9.96. The number of rotatable bonds is 8. The fraction of sp³-hybridized carbons (Fsp3) is 0.538. The van der Waals surface area contributed by atoms with Gasteiger partial charge in [0.1, 0.15) is 11.9 Å². The highest BCUT2D eigenvalue weighted by Gasteiger charge is 2.40. The summed E-state index contributed by atoms with van der Waals surface area (Å²) in [7, 11) is 3.28. The number of pyridine rings is 1. The Morgan fingerprint density at radius 1 is 1.17 bits per heavy atom. The summed E-state index contributed by atoms with van der Waals surface area (Å²) in [5.74, 6) is 0.987. The van der Waals surface area contributed by atoms with Gasteiger partial charge in [0.15, 0.2) is 0 Å². The first-order valence-corrected chi connectivity index (χ1v) is 12.4. The highest BCUT2D eigenvalue weighted by atomic mass is 35.5. The van der Waals surface area contributed by atoms with E-state index in [4.69, 9.17) is 25.8 Å². The Hall–Kier alpha value is -2.71. The molecule has 1 N–H and O–H groups in total. The molecule has 5 unspecified atom stereocenters. The molecule has 0 aliphatic carbocycles. The van der Waals surface area contributed by atoms with E-state index in [0.29, 0.717) is 23.4 Å². The molecule has 2 fully saturated rings. The minimum atomic E-state index is -0.796. The fourth-order valence-electron chi connectivity index (χ4n) is 5.26. The van der Waals surface area contributed by atoms with Gasteiger partial charge in [0.25, 0.3) is 0 Å². The molecule has 8 nitrogen and oxygen atoms in total. The van der Waals surface area contributed by atoms with Crippen LogP contribution in [0.25, 0.3) is 0 Å². The maximum atomic E-state index is 11.4. The van der Waals surface area contributed by atoms with E-state index < -0.39 is 5.97 Å². The average molecular weight is 504 g/mol. The summed E-state index contributed by atoms with van der Waals surface area (Å²) >= 11 is 6.40. The summed E-state index contributed by atoms with van der Waals surface area (Å²) in [5.41, 5.74) is 1.91. The monoisotopic (exact) mass is 503 g/mol. The SMILES string of the molecule is COc1cc(N2CCC(Oc3ccc(N4CC(OC)C(C)C4CC(=O)O)cc3)C(C)C2)c(Cl)cn1. The van der Waals surface area contributed by atoms with Crippen LogP contribution in [0.5, 0.6) is 11.6 Å². The Morgan fingerprint density at radius 3 is 2.54 bits per heavy atom. The van der Waals surface area contributed by atoms with Crippen molar-refractivity contribution in [2.24, 2.45) is 11.8 Å². The number of piperidine rings is 1. The predicted octanol–water partition coefficient (Wildman–Crippen LogP) is 4.35. The molecule has 2 saturated heterocycles. The topological polar surface area (TPSA) is 84.4 Å².